The summed E-state index contributed by atoms with van der Waals surface area (Å²) in [5.41, 5.74) is 3.13. The van der Waals surface area contributed by atoms with Crippen molar-refractivity contribution in [2.45, 2.75) is 13.5 Å². The van der Waals surface area contributed by atoms with Crippen molar-refractivity contribution in [2.75, 3.05) is 5.32 Å². The quantitative estimate of drug-likeness (QED) is 0.837. The van der Waals surface area contributed by atoms with Crippen LogP contribution in [0.1, 0.15) is 11.3 Å². The Balaban J connectivity index is 2.05. The highest BCUT2D eigenvalue weighted by atomic mass is 35.5. The molecule has 78 valence electrons. The number of nitrogens with zero attached hydrogens (tertiary/aromatic N) is 1. The zero-order chi connectivity index (χ0) is 10.7. The van der Waals surface area contributed by atoms with Gasteiger partial charge in [0.25, 0.3) is 0 Å². The molecule has 0 spiro atoms. The first-order valence-corrected chi connectivity index (χ1v) is 5.12. The maximum absolute atomic E-state index is 6.08. The molecule has 0 saturated heterocycles. The van der Waals surface area contributed by atoms with Crippen molar-refractivity contribution in [1.82, 2.24) is 10.2 Å². The van der Waals surface area contributed by atoms with Gasteiger partial charge in [0.1, 0.15) is 0 Å². The molecule has 1 heterocycles. The summed E-state index contributed by atoms with van der Waals surface area (Å²) in [6.07, 6.45) is 1.73. The molecule has 0 aliphatic carbocycles. The molecule has 2 aromatic rings. The van der Waals surface area contributed by atoms with E-state index in [0.29, 0.717) is 6.54 Å². The maximum Gasteiger partial charge on any atom is 0.0640 e. The summed E-state index contributed by atoms with van der Waals surface area (Å²) in [4.78, 5) is 0. The summed E-state index contributed by atoms with van der Waals surface area (Å²) in [5.74, 6) is 0. The van der Waals surface area contributed by atoms with Gasteiger partial charge in [0.05, 0.1) is 22.9 Å². The van der Waals surface area contributed by atoms with E-state index in [1.165, 1.54) is 0 Å². The van der Waals surface area contributed by atoms with Crippen LogP contribution in [0.15, 0.2) is 30.5 Å². The molecule has 0 bridgehead atoms. The molecule has 2 N–H and O–H groups in total. The van der Waals surface area contributed by atoms with Crippen molar-refractivity contribution < 1.29 is 0 Å². The van der Waals surface area contributed by atoms with E-state index in [0.717, 1.165) is 22.0 Å². The van der Waals surface area contributed by atoms with Crippen LogP contribution in [0.4, 0.5) is 5.69 Å². The van der Waals surface area contributed by atoms with E-state index >= 15 is 0 Å². The Kier molecular flexibility index (Phi) is 2.92. The highest BCUT2D eigenvalue weighted by molar-refractivity contribution is 6.33. The molecule has 1 aromatic heterocycles. The molecule has 0 atom stereocenters. The van der Waals surface area contributed by atoms with Gasteiger partial charge in [-0.1, -0.05) is 17.7 Å². The smallest absolute Gasteiger partial charge is 0.0640 e. The number of hydrogen-bond acceptors (Lipinski definition) is 2. The predicted octanol–water partition coefficient (Wildman–Crippen LogP) is 2.98. The first-order valence-electron chi connectivity index (χ1n) is 4.74. The van der Waals surface area contributed by atoms with Crippen LogP contribution in [-0.4, -0.2) is 10.2 Å². The molecule has 4 heteroatoms. The van der Waals surface area contributed by atoms with E-state index < -0.39 is 0 Å². The summed E-state index contributed by atoms with van der Waals surface area (Å²) in [5, 5.41) is 10.7. The largest absolute Gasteiger partial charge is 0.378 e. The average Bonchev–Trinajstić information content (AvgIpc) is 2.69. The standard InChI is InChI=1S/C11H12ClN3/c1-8-2-3-11(10(12)6-8)13-7-9-4-5-14-15-9/h2-6,13H,7H2,1H3,(H,14,15). The molecular formula is C11H12ClN3. The second-order valence-corrected chi connectivity index (χ2v) is 3.83. The van der Waals surface area contributed by atoms with Gasteiger partial charge in [0.15, 0.2) is 0 Å². The lowest BCUT2D eigenvalue weighted by Crippen LogP contribution is -2.00. The lowest BCUT2D eigenvalue weighted by atomic mass is 10.2. The topological polar surface area (TPSA) is 40.7 Å². The molecule has 15 heavy (non-hydrogen) atoms. The molecule has 0 aliphatic heterocycles. The summed E-state index contributed by atoms with van der Waals surface area (Å²) in [7, 11) is 0. The van der Waals surface area contributed by atoms with Crippen molar-refractivity contribution in [3.05, 3.63) is 46.7 Å². The van der Waals surface area contributed by atoms with E-state index in [4.69, 9.17) is 11.6 Å². The number of halogens is 1. The normalized spacial score (nSPS) is 10.3. The number of aromatic nitrogens is 2. The summed E-state index contributed by atoms with van der Waals surface area (Å²) in [6, 6.07) is 7.88. The van der Waals surface area contributed by atoms with Crippen LogP contribution < -0.4 is 5.32 Å². The van der Waals surface area contributed by atoms with Crippen LogP contribution in [0.25, 0.3) is 0 Å². The third-order valence-electron chi connectivity index (χ3n) is 2.15. The Morgan fingerprint density at radius 2 is 2.27 bits per heavy atom. The fourth-order valence-electron chi connectivity index (χ4n) is 1.34. The maximum atomic E-state index is 6.08. The molecule has 1 aromatic carbocycles. The van der Waals surface area contributed by atoms with Crippen LogP contribution in [0.5, 0.6) is 0 Å². The van der Waals surface area contributed by atoms with Gasteiger partial charge in [-0.25, -0.2) is 0 Å². The SMILES string of the molecule is Cc1ccc(NCc2ccn[nH]2)c(Cl)c1. The Bertz CT molecular complexity index is 437. The average molecular weight is 222 g/mol. The molecule has 0 fully saturated rings. The third kappa shape index (κ3) is 2.50. The number of benzene rings is 1. The van der Waals surface area contributed by atoms with Crippen LogP contribution in [-0.2, 0) is 6.54 Å². The second kappa shape index (κ2) is 4.36. The molecule has 2 rings (SSSR count). The van der Waals surface area contributed by atoms with Crippen molar-refractivity contribution in [3.63, 3.8) is 0 Å². The first kappa shape index (κ1) is 10.1. The minimum absolute atomic E-state index is 0.697. The summed E-state index contributed by atoms with van der Waals surface area (Å²) in [6.45, 7) is 2.72. The van der Waals surface area contributed by atoms with Crippen LogP contribution in [0, 0.1) is 6.92 Å². The zero-order valence-corrected chi connectivity index (χ0v) is 9.17. The molecular weight excluding hydrogens is 210 g/mol. The van der Waals surface area contributed by atoms with Crippen LogP contribution in [0.3, 0.4) is 0 Å². The van der Waals surface area contributed by atoms with E-state index in [1.54, 1.807) is 6.20 Å². The van der Waals surface area contributed by atoms with Gasteiger partial charge >= 0.3 is 0 Å². The number of rotatable bonds is 3. The number of hydrogen-bond donors (Lipinski definition) is 2. The van der Waals surface area contributed by atoms with E-state index in [9.17, 15) is 0 Å². The summed E-state index contributed by atoms with van der Waals surface area (Å²) < 4.78 is 0. The third-order valence-corrected chi connectivity index (χ3v) is 2.46. The highest BCUT2D eigenvalue weighted by Crippen LogP contribution is 2.22. The Morgan fingerprint density at radius 1 is 1.40 bits per heavy atom. The Labute approximate surface area is 93.5 Å². The number of aromatic amines is 1. The van der Waals surface area contributed by atoms with Gasteiger partial charge in [0, 0.05) is 6.20 Å². The van der Waals surface area contributed by atoms with Gasteiger partial charge in [0.2, 0.25) is 0 Å². The Morgan fingerprint density at radius 3 is 2.93 bits per heavy atom. The fourth-order valence-corrected chi connectivity index (χ4v) is 1.64. The van der Waals surface area contributed by atoms with Gasteiger partial charge in [-0.2, -0.15) is 5.10 Å². The Hall–Kier alpha value is -1.48. The molecule has 0 saturated carbocycles. The van der Waals surface area contributed by atoms with Gasteiger partial charge < -0.3 is 5.32 Å². The van der Waals surface area contributed by atoms with E-state index in [-0.39, 0.29) is 0 Å². The second-order valence-electron chi connectivity index (χ2n) is 3.42. The lowest BCUT2D eigenvalue weighted by molar-refractivity contribution is 0.981. The minimum Gasteiger partial charge on any atom is -0.378 e. The molecule has 0 radical (unpaired) electrons. The number of nitrogens with one attached hydrogen (secondary N) is 2. The van der Waals surface area contributed by atoms with E-state index in [1.807, 2.05) is 31.2 Å². The first-order chi connectivity index (χ1) is 7.25. The number of aryl methyl sites for hydroxylation is 1. The van der Waals surface area contributed by atoms with Crippen LogP contribution >= 0.6 is 11.6 Å². The monoisotopic (exact) mass is 221 g/mol. The van der Waals surface area contributed by atoms with Gasteiger partial charge in [-0.15, -0.1) is 0 Å². The molecule has 0 amide bonds. The zero-order valence-electron chi connectivity index (χ0n) is 8.42. The summed E-state index contributed by atoms with van der Waals surface area (Å²) >= 11 is 6.08. The fraction of sp³-hybridized carbons (Fsp3) is 0.182. The molecule has 0 aliphatic rings. The van der Waals surface area contributed by atoms with Crippen molar-refractivity contribution in [3.8, 4) is 0 Å². The van der Waals surface area contributed by atoms with Crippen molar-refractivity contribution in [2.24, 2.45) is 0 Å². The number of H-pyrrole nitrogens is 1. The number of anilines is 1. The predicted molar refractivity (Wildman–Crippen MR) is 62.1 cm³/mol. The minimum atomic E-state index is 0.697. The van der Waals surface area contributed by atoms with Crippen molar-refractivity contribution in [1.29, 1.82) is 0 Å². The lowest BCUT2D eigenvalue weighted by Gasteiger charge is -2.07. The molecule has 3 nitrogen and oxygen atoms in total. The molecule has 0 unspecified atom stereocenters. The highest BCUT2D eigenvalue weighted by Gasteiger charge is 2.00. The van der Waals surface area contributed by atoms with Crippen molar-refractivity contribution >= 4 is 17.3 Å². The van der Waals surface area contributed by atoms with Crippen LogP contribution in [0.2, 0.25) is 5.02 Å². The van der Waals surface area contributed by atoms with E-state index in [2.05, 4.69) is 15.5 Å². The van der Waals surface area contributed by atoms with Gasteiger partial charge in [-0.3, -0.25) is 5.10 Å². The van der Waals surface area contributed by atoms with Gasteiger partial charge in [-0.05, 0) is 30.7 Å².